The van der Waals surface area contributed by atoms with Crippen LogP contribution in [0, 0.1) is 17.8 Å². The molecule has 1 aliphatic heterocycles. The Morgan fingerprint density at radius 2 is 2.15 bits per heavy atom. The first-order valence-electron chi connectivity index (χ1n) is 4.82. The number of nitrogens with one attached hydrogen (secondary N) is 1. The maximum atomic E-state index is 11.3. The number of nitrogens with zero attached hydrogens (tertiary/aromatic N) is 1. The molecular formula is C9H16N2O2. The number of rotatable bonds is 3. The summed E-state index contributed by atoms with van der Waals surface area (Å²) in [5.74, 6) is 1.58. The predicted octanol–water partition coefficient (Wildman–Crippen LogP) is -1.10. The van der Waals surface area contributed by atoms with Crippen molar-refractivity contribution in [2.75, 3.05) is 33.3 Å². The van der Waals surface area contributed by atoms with E-state index in [0.717, 1.165) is 19.6 Å². The number of carbonyl (C=O) groups is 1. The predicted molar refractivity (Wildman–Crippen MR) is 48.1 cm³/mol. The van der Waals surface area contributed by atoms with Crippen molar-refractivity contribution >= 4 is 5.91 Å². The maximum absolute atomic E-state index is 11.3. The van der Waals surface area contributed by atoms with E-state index < -0.39 is 0 Å². The molecule has 1 unspecified atom stereocenters. The van der Waals surface area contributed by atoms with E-state index in [2.05, 4.69) is 10.2 Å². The number of amides is 1. The second-order valence-corrected chi connectivity index (χ2v) is 3.95. The van der Waals surface area contributed by atoms with Gasteiger partial charge in [0.1, 0.15) is 0 Å². The molecule has 4 heteroatoms. The molecule has 1 aliphatic carbocycles. The molecule has 2 N–H and O–H groups in total. The summed E-state index contributed by atoms with van der Waals surface area (Å²) in [6, 6.07) is 0. The lowest BCUT2D eigenvalue weighted by Crippen LogP contribution is -2.31. The summed E-state index contributed by atoms with van der Waals surface area (Å²) >= 11 is 0. The van der Waals surface area contributed by atoms with E-state index in [-0.39, 0.29) is 18.4 Å². The molecule has 0 bridgehead atoms. The molecule has 1 saturated heterocycles. The van der Waals surface area contributed by atoms with Crippen LogP contribution < -0.4 is 5.32 Å². The molecule has 0 spiro atoms. The minimum Gasteiger partial charge on any atom is -0.395 e. The zero-order valence-corrected chi connectivity index (χ0v) is 7.86. The quantitative estimate of drug-likeness (QED) is 0.585. The van der Waals surface area contributed by atoms with Crippen molar-refractivity contribution in [2.45, 2.75) is 0 Å². The van der Waals surface area contributed by atoms with Crippen LogP contribution in [-0.2, 0) is 4.79 Å². The van der Waals surface area contributed by atoms with Crippen molar-refractivity contribution in [1.29, 1.82) is 0 Å². The zero-order valence-electron chi connectivity index (χ0n) is 7.86. The molecular weight excluding hydrogens is 168 g/mol. The lowest BCUT2D eigenvalue weighted by molar-refractivity contribution is -0.122. The van der Waals surface area contributed by atoms with E-state index in [1.807, 2.05) is 0 Å². The average molecular weight is 184 g/mol. The molecule has 3 atom stereocenters. The largest absolute Gasteiger partial charge is 0.395 e. The Balaban J connectivity index is 1.80. The van der Waals surface area contributed by atoms with Gasteiger partial charge in [0, 0.05) is 32.6 Å². The van der Waals surface area contributed by atoms with Crippen molar-refractivity contribution in [1.82, 2.24) is 10.2 Å². The Morgan fingerprint density at radius 1 is 1.54 bits per heavy atom. The second kappa shape index (κ2) is 3.27. The lowest BCUT2D eigenvalue weighted by Gasteiger charge is -2.17. The highest BCUT2D eigenvalue weighted by molar-refractivity contribution is 5.82. The molecule has 4 nitrogen and oxygen atoms in total. The van der Waals surface area contributed by atoms with Gasteiger partial charge in [-0.1, -0.05) is 0 Å². The number of piperidine rings is 1. The molecule has 1 heterocycles. The van der Waals surface area contributed by atoms with Gasteiger partial charge in [0.2, 0.25) is 5.91 Å². The van der Waals surface area contributed by atoms with Crippen LogP contribution in [0.1, 0.15) is 0 Å². The van der Waals surface area contributed by atoms with E-state index in [1.54, 1.807) is 7.05 Å². The van der Waals surface area contributed by atoms with Gasteiger partial charge in [-0.05, 0) is 11.8 Å². The number of carbonyl (C=O) groups excluding carboxylic acids is 1. The van der Waals surface area contributed by atoms with E-state index in [4.69, 9.17) is 5.11 Å². The summed E-state index contributed by atoms with van der Waals surface area (Å²) < 4.78 is 0. The van der Waals surface area contributed by atoms with Gasteiger partial charge in [0.05, 0.1) is 6.61 Å². The first-order valence-corrected chi connectivity index (χ1v) is 4.82. The van der Waals surface area contributed by atoms with Crippen LogP contribution >= 0.6 is 0 Å². The lowest BCUT2D eigenvalue weighted by atomic mass is 10.2. The number of fused-ring (bicyclic) bond motifs is 1. The Kier molecular flexibility index (Phi) is 2.26. The highest BCUT2D eigenvalue weighted by Gasteiger charge is 2.58. The van der Waals surface area contributed by atoms with Gasteiger partial charge in [0.25, 0.3) is 0 Å². The summed E-state index contributed by atoms with van der Waals surface area (Å²) in [6.45, 7) is 2.96. The van der Waals surface area contributed by atoms with Crippen LogP contribution in [0.5, 0.6) is 0 Å². The number of β-amino-alcohol motifs (C(OH)–C–C–N with tert-alkyl or cyclic N) is 1. The second-order valence-electron chi connectivity index (χ2n) is 3.95. The number of likely N-dealkylation sites (tertiary alicyclic amines) is 1. The zero-order chi connectivity index (χ0) is 9.42. The Morgan fingerprint density at radius 3 is 2.62 bits per heavy atom. The van der Waals surface area contributed by atoms with Crippen molar-refractivity contribution in [3.05, 3.63) is 0 Å². The van der Waals surface area contributed by atoms with E-state index in [9.17, 15) is 4.79 Å². The fraction of sp³-hybridized carbons (Fsp3) is 0.889. The molecule has 74 valence electrons. The number of hydrogen-bond acceptors (Lipinski definition) is 3. The molecule has 0 aromatic heterocycles. The van der Waals surface area contributed by atoms with Crippen molar-refractivity contribution in [3.63, 3.8) is 0 Å². The van der Waals surface area contributed by atoms with Crippen LogP contribution in [0.25, 0.3) is 0 Å². The molecule has 0 aromatic carbocycles. The van der Waals surface area contributed by atoms with Crippen LogP contribution in [-0.4, -0.2) is 49.2 Å². The average Bonchev–Trinajstić information content (AvgIpc) is 2.63. The fourth-order valence-corrected chi connectivity index (χ4v) is 2.49. The normalized spacial score (nSPS) is 37.2. The number of hydrogen-bond donors (Lipinski definition) is 2. The molecule has 0 aromatic rings. The number of aliphatic hydroxyl groups excluding tert-OH is 1. The Labute approximate surface area is 77.9 Å². The molecule has 1 amide bonds. The SMILES string of the molecule is CNC(=O)C1[C@H]2CN(CCO)C[C@@H]12. The fourth-order valence-electron chi connectivity index (χ4n) is 2.49. The first kappa shape index (κ1) is 8.97. The first-order chi connectivity index (χ1) is 6.27. The summed E-state index contributed by atoms with van der Waals surface area (Å²) in [5.41, 5.74) is 0. The molecule has 2 aliphatic rings. The highest BCUT2D eigenvalue weighted by atomic mass is 16.3. The molecule has 13 heavy (non-hydrogen) atoms. The van der Waals surface area contributed by atoms with Crippen molar-refractivity contribution in [3.8, 4) is 0 Å². The molecule has 2 fully saturated rings. The smallest absolute Gasteiger partial charge is 0.223 e. The molecule has 2 rings (SSSR count). The van der Waals surface area contributed by atoms with Crippen LogP contribution in [0.15, 0.2) is 0 Å². The maximum Gasteiger partial charge on any atom is 0.223 e. The van der Waals surface area contributed by atoms with E-state index in [1.165, 1.54) is 0 Å². The van der Waals surface area contributed by atoms with Gasteiger partial charge < -0.3 is 15.3 Å². The molecule has 0 radical (unpaired) electrons. The van der Waals surface area contributed by atoms with Gasteiger partial charge in [0.15, 0.2) is 0 Å². The Hall–Kier alpha value is -0.610. The molecule has 1 saturated carbocycles. The summed E-state index contributed by atoms with van der Waals surface area (Å²) in [4.78, 5) is 13.5. The standard InChI is InChI=1S/C9H16N2O2/c1-10-9(13)8-6-4-11(2-3-12)5-7(6)8/h6-8,12H,2-5H2,1H3,(H,10,13)/t6-,7+,8?. The minimum atomic E-state index is 0.193. The minimum absolute atomic E-state index is 0.193. The van der Waals surface area contributed by atoms with Crippen LogP contribution in [0.2, 0.25) is 0 Å². The van der Waals surface area contributed by atoms with Gasteiger partial charge in [-0.3, -0.25) is 4.79 Å². The van der Waals surface area contributed by atoms with Crippen molar-refractivity contribution < 1.29 is 9.90 Å². The third-order valence-electron chi connectivity index (χ3n) is 3.24. The van der Waals surface area contributed by atoms with Crippen LogP contribution in [0.4, 0.5) is 0 Å². The number of aliphatic hydroxyl groups is 1. The van der Waals surface area contributed by atoms with Gasteiger partial charge >= 0.3 is 0 Å². The summed E-state index contributed by atoms with van der Waals surface area (Å²) in [6.07, 6.45) is 0. The van der Waals surface area contributed by atoms with Gasteiger partial charge in [-0.25, -0.2) is 0 Å². The van der Waals surface area contributed by atoms with Gasteiger partial charge in [-0.15, -0.1) is 0 Å². The van der Waals surface area contributed by atoms with Crippen LogP contribution in [0.3, 0.4) is 0 Å². The monoisotopic (exact) mass is 184 g/mol. The summed E-state index contributed by atoms with van der Waals surface area (Å²) in [5, 5.41) is 11.4. The van der Waals surface area contributed by atoms with E-state index in [0.29, 0.717) is 11.8 Å². The third kappa shape index (κ3) is 1.44. The summed E-state index contributed by atoms with van der Waals surface area (Å²) in [7, 11) is 1.70. The van der Waals surface area contributed by atoms with Crippen molar-refractivity contribution in [2.24, 2.45) is 17.8 Å². The van der Waals surface area contributed by atoms with E-state index >= 15 is 0 Å². The highest BCUT2D eigenvalue weighted by Crippen LogP contribution is 2.51. The third-order valence-corrected chi connectivity index (χ3v) is 3.24. The topological polar surface area (TPSA) is 52.6 Å². The Bertz CT molecular complexity index is 208. The van der Waals surface area contributed by atoms with Gasteiger partial charge in [-0.2, -0.15) is 0 Å².